The summed E-state index contributed by atoms with van der Waals surface area (Å²) in [7, 11) is 1.39. The zero-order valence-corrected chi connectivity index (χ0v) is 20.7. The molecule has 2 aromatic carbocycles. The average Bonchev–Trinajstić information content (AvgIpc) is 3.49. The van der Waals surface area contributed by atoms with E-state index in [1.54, 1.807) is 63.7 Å². The van der Waals surface area contributed by atoms with Gasteiger partial charge >= 0.3 is 5.69 Å². The first-order valence-electron chi connectivity index (χ1n) is 11.8. The Morgan fingerprint density at radius 3 is 2.62 bits per heavy atom. The van der Waals surface area contributed by atoms with Gasteiger partial charge in [-0.15, -0.1) is 0 Å². The van der Waals surface area contributed by atoms with E-state index in [0.717, 1.165) is 11.1 Å². The van der Waals surface area contributed by atoms with Crippen LogP contribution in [0.1, 0.15) is 24.9 Å². The second-order valence-corrected chi connectivity index (χ2v) is 8.75. The van der Waals surface area contributed by atoms with E-state index in [-0.39, 0.29) is 29.1 Å². The molecule has 1 aliphatic rings. The number of carbonyl (C=O) groups excluding carboxylic acids is 1. The smallest absolute Gasteiger partial charge is 0.334 e. The molecule has 0 aliphatic carbocycles. The number of carbonyl (C=O) groups is 1. The van der Waals surface area contributed by atoms with Crippen LogP contribution in [0.2, 0.25) is 0 Å². The number of pyridine rings is 1. The van der Waals surface area contributed by atoms with Gasteiger partial charge in [-0.3, -0.25) is 18.9 Å². The molecule has 9 heteroatoms. The molecule has 2 aromatic heterocycles. The fourth-order valence-corrected chi connectivity index (χ4v) is 4.76. The molecule has 1 amide bonds. The molecule has 1 saturated heterocycles. The van der Waals surface area contributed by atoms with Crippen LogP contribution in [0.3, 0.4) is 0 Å². The maximum atomic E-state index is 14.5. The Morgan fingerprint density at radius 1 is 1.14 bits per heavy atom. The van der Waals surface area contributed by atoms with Crippen molar-refractivity contribution < 1.29 is 18.7 Å². The van der Waals surface area contributed by atoms with E-state index in [1.807, 2.05) is 6.92 Å². The molecule has 0 saturated carbocycles. The molecule has 1 unspecified atom stereocenters. The van der Waals surface area contributed by atoms with Gasteiger partial charge in [0, 0.05) is 19.3 Å². The number of nitrogens with zero attached hydrogens (tertiary/aromatic N) is 4. The highest BCUT2D eigenvalue weighted by Gasteiger charge is 2.31. The molecule has 5 rings (SSSR count). The van der Waals surface area contributed by atoms with Crippen LogP contribution in [-0.2, 0) is 4.79 Å². The van der Waals surface area contributed by atoms with E-state index in [1.165, 1.54) is 19.2 Å². The molecule has 3 heterocycles. The van der Waals surface area contributed by atoms with Gasteiger partial charge in [0.2, 0.25) is 5.82 Å². The number of methoxy groups -OCH3 is 1. The van der Waals surface area contributed by atoms with Crippen molar-refractivity contribution in [3.63, 3.8) is 0 Å². The normalized spacial score (nSPS) is 14.9. The van der Waals surface area contributed by atoms with Gasteiger partial charge in [-0.1, -0.05) is 12.0 Å². The first kappa shape index (κ1) is 24.1. The third-order valence-corrected chi connectivity index (χ3v) is 6.48. The van der Waals surface area contributed by atoms with Crippen LogP contribution in [0.5, 0.6) is 17.2 Å². The van der Waals surface area contributed by atoms with Crippen LogP contribution in [0, 0.1) is 24.6 Å². The quantitative estimate of drug-likeness (QED) is 0.383. The number of likely N-dealkylation sites (tertiary alicyclic amines) is 1. The standard InChI is InChI=1S/C28H25FN4O4/c1-4-6-25(34)31-14-13-20(17-31)33-27-18(2)15-30-16-22(27)32(28(33)35)19-9-11-21(12-10-19)37-24-8-5-7-23(36-3)26(24)29/h5,7-12,15-16,20H,13-14,17H2,1-3H3. The average molecular weight is 501 g/mol. The number of halogens is 1. The molecule has 1 atom stereocenters. The highest BCUT2D eigenvalue weighted by atomic mass is 19.1. The number of imidazole rings is 1. The molecule has 0 bridgehead atoms. The van der Waals surface area contributed by atoms with Crippen LogP contribution in [0.4, 0.5) is 4.39 Å². The van der Waals surface area contributed by atoms with Gasteiger partial charge < -0.3 is 14.4 Å². The number of rotatable bonds is 5. The molecule has 188 valence electrons. The van der Waals surface area contributed by atoms with Gasteiger partial charge in [0.1, 0.15) is 5.75 Å². The van der Waals surface area contributed by atoms with Gasteiger partial charge in [0.15, 0.2) is 11.5 Å². The van der Waals surface area contributed by atoms with Gasteiger partial charge in [-0.2, -0.15) is 4.39 Å². The number of hydrogen-bond donors (Lipinski definition) is 0. The number of aromatic nitrogens is 3. The highest BCUT2D eigenvalue weighted by Crippen LogP contribution is 2.32. The predicted molar refractivity (Wildman–Crippen MR) is 137 cm³/mol. The summed E-state index contributed by atoms with van der Waals surface area (Å²) >= 11 is 0. The van der Waals surface area contributed by atoms with Crippen molar-refractivity contribution in [1.82, 2.24) is 19.0 Å². The lowest BCUT2D eigenvalue weighted by molar-refractivity contribution is -0.124. The lowest BCUT2D eigenvalue weighted by atomic mass is 10.2. The highest BCUT2D eigenvalue weighted by molar-refractivity contribution is 5.93. The Bertz CT molecular complexity index is 1610. The number of ether oxygens (including phenoxy) is 2. The summed E-state index contributed by atoms with van der Waals surface area (Å²) in [6.07, 6.45) is 4.04. The number of aryl methyl sites for hydroxylation is 1. The third kappa shape index (κ3) is 4.31. The number of amides is 1. The van der Waals surface area contributed by atoms with Crippen LogP contribution in [-0.4, -0.2) is 45.1 Å². The fourth-order valence-electron chi connectivity index (χ4n) is 4.76. The largest absolute Gasteiger partial charge is 0.494 e. The fraction of sp³-hybridized carbons (Fsp3) is 0.250. The van der Waals surface area contributed by atoms with E-state index >= 15 is 0 Å². The molecule has 37 heavy (non-hydrogen) atoms. The van der Waals surface area contributed by atoms with Gasteiger partial charge in [-0.25, -0.2) is 4.79 Å². The molecule has 0 N–H and O–H groups in total. The van der Waals surface area contributed by atoms with Crippen molar-refractivity contribution in [1.29, 1.82) is 0 Å². The first-order chi connectivity index (χ1) is 17.9. The van der Waals surface area contributed by atoms with Crippen LogP contribution in [0.15, 0.2) is 59.7 Å². The van der Waals surface area contributed by atoms with Crippen LogP contribution < -0.4 is 15.2 Å². The van der Waals surface area contributed by atoms with Crippen molar-refractivity contribution in [3.05, 3.63) is 76.7 Å². The SMILES string of the molecule is CC#CC(=O)N1CCC(n2c(=O)n(-c3ccc(Oc4cccc(OC)c4F)cc3)c3cncc(C)c32)C1. The van der Waals surface area contributed by atoms with Crippen LogP contribution >= 0.6 is 0 Å². The molecular weight excluding hydrogens is 475 g/mol. The van der Waals surface area contributed by atoms with E-state index in [9.17, 15) is 14.0 Å². The Morgan fingerprint density at radius 2 is 1.89 bits per heavy atom. The Labute approximate surface area is 212 Å². The topological polar surface area (TPSA) is 78.6 Å². The maximum absolute atomic E-state index is 14.5. The minimum Gasteiger partial charge on any atom is -0.494 e. The Hall–Kier alpha value is -4.58. The van der Waals surface area contributed by atoms with Crippen LogP contribution in [0.25, 0.3) is 16.7 Å². The van der Waals surface area contributed by atoms with Crippen molar-refractivity contribution >= 4 is 16.9 Å². The van der Waals surface area contributed by atoms with E-state index in [4.69, 9.17) is 9.47 Å². The summed E-state index contributed by atoms with van der Waals surface area (Å²) in [5.74, 6) is 4.93. The van der Waals surface area contributed by atoms with E-state index < -0.39 is 5.82 Å². The van der Waals surface area contributed by atoms with Crippen molar-refractivity contribution in [2.24, 2.45) is 0 Å². The second kappa shape index (κ2) is 9.82. The summed E-state index contributed by atoms with van der Waals surface area (Å²) in [5, 5.41) is 0. The van der Waals surface area contributed by atoms with Crippen molar-refractivity contribution in [3.8, 4) is 34.8 Å². The first-order valence-corrected chi connectivity index (χ1v) is 11.8. The molecule has 0 spiro atoms. The second-order valence-electron chi connectivity index (χ2n) is 8.75. The molecule has 0 radical (unpaired) electrons. The molecule has 8 nitrogen and oxygen atoms in total. The van der Waals surface area contributed by atoms with Gasteiger partial charge in [0.25, 0.3) is 5.91 Å². The summed E-state index contributed by atoms with van der Waals surface area (Å²) in [4.78, 5) is 32.1. The predicted octanol–water partition coefficient (Wildman–Crippen LogP) is 4.23. The lowest BCUT2D eigenvalue weighted by Gasteiger charge is -2.15. The zero-order valence-electron chi connectivity index (χ0n) is 20.7. The van der Waals surface area contributed by atoms with E-state index in [2.05, 4.69) is 16.8 Å². The summed E-state index contributed by atoms with van der Waals surface area (Å²) in [6.45, 7) is 4.49. The number of hydrogen-bond acceptors (Lipinski definition) is 5. The van der Waals surface area contributed by atoms with Gasteiger partial charge in [-0.05, 0) is 68.2 Å². The summed E-state index contributed by atoms with van der Waals surface area (Å²) < 4.78 is 28.6. The molecule has 4 aromatic rings. The monoisotopic (exact) mass is 500 g/mol. The molecular formula is C28H25FN4O4. The number of benzene rings is 2. The Kier molecular flexibility index (Phi) is 6.40. The van der Waals surface area contributed by atoms with Crippen molar-refractivity contribution in [2.45, 2.75) is 26.3 Å². The van der Waals surface area contributed by atoms with E-state index in [0.29, 0.717) is 36.5 Å². The minimum atomic E-state index is -0.594. The minimum absolute atomic E-state index is 0.0359. The summed E-state index contributed by atoms with van der Waals surface area (Å²) in [6, 6.07) is 11.3. The maximum Gasteiger partial charge on any atom is 0.334 e. The molecule has 1 aliphatic heterocycles. The van der Waals surface area contributed by atoms with Gasteiger partial charge in [0.05, 0.1) is 36.1 Å². The molecule has 1 fully saturated rings. The van der Waals surface area contributed by atoms with Crippen molar-refractivity contribution in [2.75, 3.05) is 20.2 Å². The Balaban J connectivity index is 1.51. The third-order valence-electron chi connectivity index (χ3n) is 6.48. The zero-order chi connectivity index (χ0) is 26.1. The lowest BCUT2D eigenvalue weighted by Crippen LogP contribution is -2.31. The number of fused-ring (bicyclic) bond motifs is 1. The summed E-state index contributed by atoms with van der Waals surface area (Å²) in [5.41, 5.74) is 2.69.